The van der Waals surface area contributed by atoms with Gasteiger partial charge < -0.3 is 19.6 Å². The van der Waals surface area contributed by atoms with Crippen molar-refractivity contribution < 1.29 is 24.3 Å². The molecule has 3 heterocycles. The molecule has 0 saturated carbocycles. The van der Waals surface area contributed by atoms with Gasteiger partial charge in [0.2, 0.25) is 5.91 Å². The number of oxime groups is 1. The van der Waals surface area contributed by atoms with Crippen LogP contribution in [0.1, 0.15) is 17.5 Å². The number of rotatable bonds is 7. The van der Waals surface area contributed by atoms with Crippen molar-refractivity contribution in [3.05, 3.63) is 35.4 Å². The number of benzene rings is 1. The van der Waals surface area contributed by atoms with E-state index in [1.54, 1.807) is 0 Å². The Morgan fingerprint density at radius 1 is 1.19 bits per heavy atom. The zero-order valence-corrected chi connectivity index (χ0v) is 17.4. The molecule has 0 aromatic heterocycles. The molecule has 1 amide bonds. The molecule has 1 aromatic rings. The summed E-state index contributed by atoms with van der Waals surface area (Å²) in [4.78, 5) is 31.9. The van der Waals surface area contributed by atoms with Gasteiger partial charge in [-0.05, 0) is 11.1 Å². The van der Waals surface area contributed by atoms with Gasteiger partial charge in [0.05, 0.1) is 44.8 Å². The molecule has 3 aliphatic rings. The van der Waals surface area contributed by atoms with Crippen LogP contribution in [0.5, 0.6) is 0 Å². The number of hydrogen-bond acceptors (Lipinski definition) is 8. The molecule has 0 bridgehead atoms. The summed E-state index contributed by atoms with van der Waals surface area (Å²) in [5.74, 6) is -1.15. The van der Waals surface area contributed by atoms with Crippen LogP contribution in [0.25, 0.3) is 0 Å². The Morgan fingerprint density at radius 3 is 2.68 bits per heavy atom. The minimum absolute atomic E-state index is 0.114. The monoisotopic (exact) mass is 429 g/mol. The summed E-state index contributed by atoms with van der Waals surface area (Å²) in [6.07, 6.45) is 2.41. The summed E-state index contributed by atoms with van der Waals surface area (Å²) in [5, 5.41) is 19.6. The van der Waals surface area contributed by atoms with E-state index in [0.29, 0.717) is 39.3 Å². The highest BCUT2D eigenvalue weighted by molar-refractivity contribution is 6.01. The van der Waals surface area contributed by atoms with Crippen LogP contribution in [-0.2, 0) is 19.2 Å². The Bertz CT molecular complexity index is 850. The summed E-state index contributed by atoms with van der Waals surface area (Å²) in [5.41, 5.74) is 2.91. The maximum Gasteiger partial charge on any atom is 0.323 e. The van der Waals surface area contributed by atoms with Gasteiger partial charge in [-0.2, -0.15) is 5.10 Å². The lowest BCUT2D eigenvalue weighted by molar-refractivity contribution is -0.147. The van der Waals surface area contributed by atoms with E-state index < -0.39 is 5.97 Å². The number of hydrazone groups is 1. The third-order valence-corrected chi connectivity index (χ3v) is 5.52. The molecule has 1 atom stereocenters. The number of carboxylic acids is 1. The lowest BCUT2D eigenvalue weighted by Crippen LogP contribution is -2.53. The van der Waals surface area contributed by atoms with Gasteiger partial charge in [-0.25, -0.2) is 0 Å². The van der Waals surface area contributed by atoms with Gasteiger partial charge in [-0.15, -0.1) is 0 Å². The molecule has 10 nitrogen and oxygen atoms in total. The quantitative estimate of drug-likeness (QED) is 0.612. The van der Waals surface area contributed by atoms with Crippen molar-refractivity contribution in [2.75, 3.05) is 59.0 Å². The molecule has 2 fully saturated rings. The van der Waals surface area contributed by atoms with Crippen LogP contribution in [0, 0.1) is 0 Å². The van der Waals surface area contributed by atoms with E-state index in [-0.39, 0.29) is 25.1 Å². The lowest BCUT2D eigenvalue weighted by atomic mass is 10.0. The number of morpholine rings is 1. The summed E-state index contributed by atoms with van der Waals surface area (Å²) >= 11 is 0. The van der Waals surface area contributed by atoms with E-state index in [0.717, 1.165) is 29.9 Å². The highest BCUT2D eigenvalue weighted by atomic mass is 16.6. The predicted molar refractivity (Wildman–Crippen MR) is 113 cm³/mol. The largest absolute Gasteiger partial charge is 0.480 e. The van der Waals surface area contributed by atoms with Crippen molar-refractivity contribution in [2.24, 2.45) is 10.3 Å². The molecule has 0 spiro atoms. The van der Waals surface area contributed by atoms with E-state index in [1.807, 2.05) is 40.4 Å². The standard InChI is InChI=1S/C21H27N5O5/c27-20-14-24(5-6-25(20)15-21(28)29)13-18-11-19(23-31-18)17-3-1-16(2-4-17)12-22-26-7-9-30-10-8-26/h1-4,12,18H,5-11,13-15H2,(H,28,29)/b22-12+. The van der Waals surface area contributed by atoms with Gasteiger partial charge in [0.25, 0.3) is 0 Å². The Hall–Kier alpha value is -2.98. The van der Waals surface area contributed by atoms with Crippen LogP contribution in [0.3, 0.4) is 0 Å². The second-order valence-electron chi connectivity index (χ2n) is 7.85. The van der Waals surface area contributed by atoms with Crippen molar-refractivity contribution >= 4 is 23.8 Å². The first kappa shape index (κ1) is 21.3. The number of ether oxygens (including phenoxy) is 1. The predicted octanol–water partition coefficient (Wildman–Crippen LogP) is 0.0745. The molecule has 1 aromatic carbocycles. The molecule has 0 aliphatic carbocycles. The summed E-state index contributed by atoms with van der Waals surface area (Å²) in [7, 11) is 0. The van der Waals surface area contributed by atoms with Gasteiger partial charge in [0.1, 0.15) is 12.6 Å². The molecule has 10 heteroatoms. The lowest BCUT2D eigenvalue weighted by Gasteiger charge is -2.34. The maximum atomic E-state index is 12.1. The van der Waals surface area contributed by atoms with Gasteiger partial charge in [0, 0.05) is 26.1 Å². The Kier molecular flexibility index (Phi) is 6.78. The highest BCUT2D eigenvalue weighted by Gasteiger charge is 2.30. The maximum absolute atomic E-state index is 12.1. The highest BCUT2D eigenvalue weighted by Crippen LogP contribution is 2.19. The Labute approximate surface area is 180 Å². The van der Waals surface area contributed by atoms with E-state index >= 15 is 0 Å². The van der Waals surface area contributed by atoms with Crippen LogP contribution in [0.2, 0.25) is 0 Å². The molecule has 0 radical (unpaired) electrons. The minimum atomic E-state index is -0.989. The van der Waals surface area contributed by atoms with Crippen molar-refractivity contribution in [1.29, 1.82) is 0 Å². The van der Waals surface area contributed by atoms with Gasteiger partial charge in [-0.3, -0.25) is 19.5 Å². The van der Waals surface area contributed by atoms with Crippen LogP contribution in [-0.4, -0.2) is 109 Å². The third-order valence-electron chi connectivity index (χ3n) is 5.52. The van der Waals surface area contributed by atoms with E-state index in [9.17, 15) is 9.59 Å². The molecule has 3 aliphatic heterocycles. The smallest absolute Gasteiger partial charge is 0.323 e. The molecular formula is C21H27N5O5. The van der Waals surface area contributed by atoms with Crippen LogP contribution in [0.4, 0.5) is 0 Å². The SMILES string of the molecule is O=C(O)CN1CCN(CC2CC(c3ccc(/C=N/N4CCOCC4)cc3)=NO2)CC1=O. The van der Waals surface area contributed by atoms with Gasteiger partial charge >= 0.3 is 5.97 Å². The molecule has 166 valence electrons. The average molecular weight is 429 g/mol. The minimum Gasteiger partial charge on any atom is -0.480 e. The number of carboxylic acid groups (broad SMARTS) is 1. The van der Waals surface area contributed by atoms with E-state index in [2.05, 4.69) is 10.3 Å². The normalized spacial score (nSPS) is 22.6. The number of carbonyl (C=O) groups is 2. The van der Waals surface area contributed by atoms with Crippen molar-refractivity contribution in [1.82, 2.24) is 14.8 Å². The van der Waals surface area contributed by atoms with Crippen LogP contribution >= 0.6 is 0 Å². The molecule has 1 N–H and O–H groups in total. The number of carbonyl (C=O) groups excluding carboxylic acids is 1. The van der Waals surface area contributed by atoms with Crippen molar-refractivity contribution in [3.63, 3.8) is 0 Å². The zero-order chi connectivity index (χ0) is 21.6. The van der Waals surface area contributed by atoms with E-state index in [1.165, 1.54) is 4.90 Å². The summed E-state index contributed by atoms with van der Waals surface area (Å²) in [6.45, 7) is 4.64. The van der Waals surface area contributed by atoms with Crippen LogP contribution in [0.15, 0.2) is 34.5 Å². The van der Waals surface area contributed by atoms with Crippen LogP contribution < -0.4 is 0 Å². The second kappa shape index (κ2) is 9.88. The number of amides is 1. The molecule has 31 heavy (non-hydrogen) atoms. The average Bonchev–Trinajstić information content (AvgIpc) is 3.23. The fourth-order valence-electron chi connectivity index (χ4n) is 3.81. The van der Waals surface area contributed by atoms with Gasteiger partial charge in [0.15, 0.2) is 0 Å². The number of nitrogens with zero attached hydrogens (tertiary/aromatic N) is 5. The molecule has 4 rings (SSSR count). The van der Waals surface area contributed by atoms with Crippen molar-refractivity contribution in [3.8, 4) is 0 Å². The fourth-order valence-corrected chi connectivity index (χ4v) is 3.81. The number of piperazine rings is 1. The van der Waals surface area contributed by atoms with Gasteiger partial charge in [-0.1, -0.05) is 29.4 Å². The van der Waals surface area contributed by atoms with Crippen molar-refractivity contribution in [2.45, 2.75) is 12.5 Å². The first-order chi connectivity index (χ1) is 15.1. The molecule has 1 unspecified atom stereocenters. The first-order valence-electron chi connectivity index (χ1n) is 10.5. The Morgan fingerprint density at radius 2 is 1.97 bits per heavy atom. The van der Waals surface area contributed by atoms with E-state index in [4.69, 9.17) is 14.7 Å². The molecule has 2 saturated heterocycles. The topological polar surface area (TPSA) is 107 Å². The Balaban J connectivity index is 1.24. The number of aliphatic carboxylic acids is 1. The zero-order valence-electron chi connectivity index (χ0n) is 17.4. The first-order valence-corrected chi connectivity index (χ1v) is 10.5. The molecular weight excluding hydrogens is 402 g/mol. The summed E-state index contributed by atoms with van der Waals surface area (Å²) < 4.78 is 5.32. The fraction of sp³-hybridized carbons (Fsp3) is 0.524. The number of hydrogen-bond donors (Lipinski definition) is 1. The summed E-state index contributed by atoms with van der Waals surface area (Å²) in [6, 6.07) is 8.05. The third kappa shape index (κ3) is 5.80. The second-order valence-corrected chi connectivity index (χ2v) is 7.85.